The number of nitrogens with zero attached hydrogens (tertiary/aromatic N) is 1. The molecule has 14 heavy (non-hydrogen) atoms. The fourth-order valence-electron chi connectivity index (χ4n) is 0.379. The highest BCUT2D eigenvalue weighted by Crippen LogP contribution is 2.21. The summed E-state index contributed by atoms with van der Waals surface area (Å²) >= 11 is 0. The van der Waals surface area contributed by atoms with Crippen molar-refractivity contribution in [3.8, 4) is 6.07 Å². The smallest absolute Gasteiger partial charge is 0.459 e. The fourth-order valence-corrected chi connectivity index (χ4v) is 0.648. The van der Waals surface area contributed by atoms with Crippen molar-refractivity contribution in [3.05, 3.63) is 0 Å². The van der Waals surface area contributed by atoms with E-state index in [1.165, 1.54) is 6.07 Å². The fraction of sp³-hybridized carbons (Fsp3) is 0.600. The zero-order valence-corrected chi connectivity index (χ0v) is 7.42. The van der Waals surface area contributed by atoms with Crippen LogP contribution in [0.25, 0.3) is 0 Å². The van der Waals surface area contributed by atoms with Gasteiger partial charge in [0.25, 0.3) is 0 Å². The maximum absolute atomic E-state index is 12.4. The second-order valence-corrected chi connectivity index (χ2v) is 3.50. The van der Waals surface area contributed by atoms with Crippen molar-refractivity contribution in [2.24, 2.45) is 0 Å². The van der Waals surface area contributed by atoms with Gasteiger partial charge in [0.05, 0.1) is 12.5 Å². The number of hydrogen-bond acceptors (Lipinski definition) is 5. The van der Waals surface area contributed by atoms with Gasteiger partial charge in [-0.3, -0.25) is 4.55 Å². The minimum atomic E-state index is -5.83. The number of halogens is 2. The normalized spacial score (nSPS) is 11.9. The average Bonchev–Trinajstić information content (AvgIpc) is 2.02. The summed E-state index contributed by atoms with van der Waals surface area (Å²) in [7, 11) is -5.83. The number of carbonyl (C=O) groups excluding carboxylic acids is 1. The van der Waals surface area contributed by atoms with Crippen LogP contribution in [-0.4, -0.2) is 30.8 Å². The van der Waals surface area contributed by atoms with Crippen molar-refractivity contribution >= 4 is 16.1 Å². The first-order chi connectivity index (χ1) is 6.23. The van der Waals surface area contributed by atoms with Gasteiger partial charge in [0, 0.05) is 0 Å². The molecule has 0 atom stereocenters. The van der Waals surface area contributed by atoms with E-state index in [9.17, 15) is 22.0 Å². The highest BCUT2D eigenvalue weighted by Gasteiger charge is 2.54. The molecular formula is C5H5F2NO5S. The van der Waals surface area contributed by atoms with Crippen molar-refractivity contribution in [3.63, 3.8) is 0 Å². The number of ether oxygens (including phenoxy) is 1. The van der Waals surface area contributed by atoms with Crippen LogP contribution in [0.15, 0.2) is 0 Å². The third-order valence-corrected chi connectivity index (χ3v) is 1.82. The van der Waals surface area contributed by atoms with E-state index in [1.54, 1.807) is 0 Å². The lowest BCUT2D eigenvalue weighted by Crippen LogP contribution is -2.39. The maximum atomic E-state index is 12.4. The molecule has 0 aromatic carbocycles. The lowest BCUT2D eigenvalue weighted by Gasteiger charge is -2.10. The Morgan fingerprint density at radius 3 is 2.43 bits per heavy atom. The Balaban J connectivity index is 4.48. The van der Waals surface area contributed by atoms with Gasteiger partial charge in [-0.25, -0.2) is 4.79 Å². The molecule has 0 aromatic heterocycles. The van der Waals surface area contributed by atoms with Gasteiger partial charge >= 0.3 is 21.3 Å². The van der Waals surface area contributed by atoms with E-state index in [4.69, 9.17) is 9.81 Å². The summed E-state index contributed by atoms with van der Waals surface area (Å²) in [6.45, 7) is -0.666. The molecule has 0 heterocycles. The molecule has 0 amide bonds. The van der Waals surface area contributed by atoms with Crippen LogP contribution in [0.5, 0.6) is 0 Å². The minimum absolute atomic E-state index is 0.354. The molecule has 0 aromatic rings. The molecule has 9 heteroatoms. The van der Waals surface area contributed by atoms with Crippen LogP contribution < -0.4 is 0 Å². The number of carbonyl (C=O) groups is 1. The first-order valence-corrected chi connectivity index (χ1v) is 4.56. The highest BCUT2D eigenvalue weighted by molar-refractivity contribution is 7.87. The van der Waals surface area contributed by atoms with Crippen LogP contribution in [0.4, 0.5) is 8.78 Å². The molecule has 0 aliphatic rings. The summed E-state index contributed by atoms with van der Waals surface area (Å²) in [5.74, 6) is -2.41. The molecule has 6 nitrogen and oxygen atoms in total. The molecule has 0 fully saturated rings. The molecule has 80 valence electrons. The van der Waals surface area contributed by atoms with Gasteiger partial charge in [0.15, 0.2) is 0 Å². The number of nitriles is 1. The predicted octanol–water partition coefficient (Wildman–Crippen LogP) is -0.0761. The predicted molar refractivity (Wildman–Crippen MR) is 37.7 cm³/mol. The Labute approximate surface area is 77.8 Å². The molecule has 0 radical (unpaired) electrons. The number of esters is 1. The van der Waals surface area contributed by atoms with Crippen LogP contribution in [0.3, 0.4) is 0 Å². The third-order valence-electron chi connectivity index (χ3n) is 1.01. The van der Waals surface area contributed by atoms with Crippen molar-refractivity contribution in [2.45, 2.75) is 11.7 Å². The van der Waals surface area contributed by atoms with Gasteiger partial charge in [-0.15, -0.1) is 0 Å². The molecule has 0 aliphatic carbocycles. The zero-order chi connectivity index (χ0) is 11.4. The Morgan fingerprint density at radius 2 is 2.07 bits per heavy atom. The van der Waals surface area contributed by atoms with Gasteiger partial charge in [0.2, 0.25) is 0 Å². The van der Waals surface area contributed by atoms with Gasteiger partial charge < -0.3 is 4.74 Å². The first-order valence-electron chi connectivity index (χ1n) is 3.12. The molecule has 0 saturated carbocycles. The van der Waals surface area contributed by atoms with Gasteiger partial charge in [-0.2, -0.15) is 22.5 Å². The molecule has 0 aliphatic heterocycles. The standard InChI is InChI=1S/C5H5F2NO5S/c6-5(7,14(10,11)12)4(9)13-3-1-2-8/h1,3H2,(H,10,11,12). The largest absolute Gasteiger partial charge is 0.465 e. The molecule has 1 N–H and O–H groups in total. The number of alkyl halides is 2. The molecule has 0 rings (SSSR count). The van der Waals surface area contributed by atoms with E-state index in [2.05, 4.69) is 4.74 Å². The second-order valence-electron chi connectivity index (χ2n) is 2.04. The molecule has 0 spiro atoms. The van der Waals surface area contributed by atoms with Crippen LogP contribution in [0.1, 0.15) is 6.42 Å². The van der Waals surface area contributed by atoms with Crippen LogP contribution in [0.2, 0.25) is 0 Å². The van der Waals surface area contributed by atoms with Crippen molar-refractivity contribution < 1.29 is 31.3 Å². The van der Waals surface area contributed by atoms with Gasteiger partial charge in [0.1, 0.15) is 6.61 Å². The van der Waals surface area contributed by atoms with Crippen molar-refractivity contribution in [1.82, 2.24) is 0 Å². The first kappa shape index (κ1) is 12.7. The van der Waals surface area contributed by atoms with E-state index in [0.29, 0.717) is 0 Å². The quantitative estimate of drug-likeness (QED) is 0.411. The van der Waals surface area contributed by atoms with Crippen LogP contribution >= 0.6 is 0 Å². The topological polar surface area (TPSA) is 104 Å². The second kappa shape index (κ2) is 4.30. The summed E-state index contributed by atoms with van der Waals surface area (Å²) in [6.07, 6.45) is -0.354. The Bertz CT molecular complexity index is 357. The van der Waals surface area contributed by atoms with Crippen molar-refractivity contribution in [2.75, 3.05) is 6.61 Å². The van der Waals surface area contributed by atoms with Gasteiger partial charge in [-0.05, 0) is 0 Å². The number of hydrogen-bond donors (Lipinski definition) is 1. The van der Waals surface area contributed by atoms with E-state index >= 15 is 0 Å². The third kappa shape index (κ3) is 2.90. The lowest BCUT2D eigenvalue weighted by atomic mass is 10.5. The Morgan fingerprint density at radius 1 is 1.57 bits per heavy atom. The zero-order valence-electron chi connectivity index (χ0n) is 6.61. The monoisotopic (exact) mass is 229 g/mol. The molecule has 0 bridgehead atoms. The summed E-state index contributed by atoms with van der Waals surface area (Å²) in [6, 6.07) is 1.48. The van der Waals surface area contributed by atoms with Crippen LogP contribution in [0, 0.1) is 11.3 Å². The molecular weight excluding hydrogens is 224 g/mol. The summed E-state index contributed by atoms with van der Waals surface area (Å²) in [5, 5.41) is 2.95. The average molecular weight is 229 g/mol. The van der Waals surface area contributed by atoms with Crippen molar-refractivity contribution in [1.29, 1.82) is 5.26 Å². The highest BCUT2D eigenvalue weighted by atomic mass is 32.2. The Kier molecular flexibility index (Phi) is 3.91. The van der Waals surface area contributed by atoms with Gasteiger partial charge in [-0.1, -0.05) is 0 Å². The molecule has 0 unspecified atom stereocenters. The van der Waals surface area contributed by atoms with E-state index in [0.717, 1.165) is 0 Å². The van der Waals surface area contributed by atoms with Crippen LogP contribution in [-0.2, 0) is 19.6 Å². The van der Waals surface area contributed by atoms with E-state index in [1.807, 2.05) is 0 Å². The summed E-state index contributed by atoms with van der Waals surface area (Å²) in [5.41, 5.74) is 0. The summed E-state index contributed by atoms with van der Waals surface area (Å²) < 4.78 is 56.3. The van der Waals surface area contributed by atoms with E-state index in [-0.39, 0.29) is 6.42 Å². The lowest BCUT2D eigenvalue weighted by molar-refractivity contribution is -0.161. The minimum Gasteiger partial charge on any atom is -0.459 e. The summed E-state index contributed by atoms with van der Waals surface area (Å²) in [4.78, 5) is 10.4. The SMILES string of the molecule is N#CCCOC(=O)C(F)(F)S(=O)(=O)O. The molecule has 0 saturated heterocycles. The van der Waals surface area contributed by atoms with E-state index < -0.39 is 27.9 Å². The Hall–Kier alpha value is -1.27. The maximum Gasteiger partial charge on any atom is 0.465 e. The number of rotatable bonds is 4.